The van der Waals surface area contributed by atoms with Gasteiger partial charge in [-0.2, -0.15) is 0 Å². The molecule has 0 aliphatic carbocycles. The van der Waals surface area contributed by atoms with Crippen molar-refractivity contribution >= 4 is 11.3 Å². The first-order valence-corrected chi connectivity index (χ1v) is 5.57. The van der Waals surface area contributed by atoms with Crippen LogP contribution in [0.5, 0.6) is 0 Å². The lowest BCUT2D eigenvalue weighted by molar-refractivity contribution is 0.121. The van der Waals surface area contributed by atoms with E-state index in [-0.39, 0.29) is 0 Å². The molecule has 0 aromatic carbocycles. The molecule has 3 heterocycles. The van der Waals surface area contributed by atoms with Crippen molar-refractivity contribution in [1.29, 1.82) is 0 Å². The Balaban J connectivity index is 1.88. The molecule has 0 amide bonds. The third-order valence-electron chi connectivity index (χ3n) is 3.22. The summed E-state index contributed by atoms with van der Waals surface area (Å²) in [6.07, 6.45) is 7.31. The van der Waals surface area contributed by atoms with Gasteiger partial charge in [-0.25, -0.2) is 4.98 Å². The number of hydrogen-bond donors (Lipinski definition) is 0. The molecule has 4 heteroatoms. The van der Waals surface area contributed by atoms with Crippen molar-refractivity contribution in [1.82, 2.24) is 9.38 Å². The van der Waals surface area contributed by atoms with Gasteiger partial charge in [0.05, 0.1) is 6.10 Å². The van der Waals surface area contributed by atoms with Crippen LogP contribution in [0, 0.1) is 0 Å². The smallest absolute Gasteiger partial charge is 0.138 e. The van der Waals surface area contributed by atoms with Crippen molar-refractivity contribution in [2.75, 3.05) is 25.1 Å². The number of aromatic nitrogens is 2. The Kier molecular flexibility index (Phi) is 2.29. The van der Waals surface area contributed by atoms with Crippen LogP contribution in [0.3, 0.4) is 0 Å². The lowest BCUT2D eigenvalue weighted by Crippen LogP contribution is -2.22. The largest absolute Gasteiger partial charge is 0.380 e. The zero-order valence-corrected chi connectivity index (χ0v) is 9.34. The van der Waals surface area contributed by atoms with E-state index in [0.29, 0.717) is 6.10 Å². The maximum Gasteiger partial charge on any atom is 0.138 e. The predicted molar refractivity (Wildman–Crippen MR) is 62.8 cm³/mol. The Bertz CT molecular complexity index is 494. The number of fused-ring (bicyclic) bond motifs is 1. The van der Waals surface area contributed by atoms with Crippen LogP contribution in [0.2, 0.25) is 0 Å². The van der Waals surface area contributed by atoms with Crippen LogP contribution in [0.1, 0.15) is 6.42 Å². The highest BCUT2D eigenvalue weighted by Crippen LogP contribution is 2.22. The van der Waals surface area contributed by atoms with Gasteiger partial charge in [-0.15, -0.1) is 0 Å². The predicted octanol–water partition coefficient (Wildman–Crippen LogP) is 1.56. The molecule has 2 aromatic rings. The van der Waals surface area contributed by atoms with Crippen LogP contribution in [-0.4, -0.2) is 35.7 Å². The van der Waals surface area contributed by atoms with Crippen LogP contribution in [0.15, 0.2) is 30.7 Å². The van der Waals surface area contributed by atoms with Gasteiger partial charge in [-0.1, -0.05) is 0 Å². The minimum Gasteiger partial charge on any atom is -0.380 e. The molecule has 3 rings (SSSR count). The van der Waals surface area contributed by atoms with Crippen LogP contribution in [0.25, 0.3) is 5.65 Å². The van der Waals surface area contributed by atoms with Crippen LogP contribution < -0.4 is 4.90 Å². The van der Waals surface area contributed by atoms with Crippen LogP contribution in [-0.2, 0) is 4.74 Å². The first-order valence-electron chi connectivity index (χ1n) is 5.57. The summed E-state index contributed by atoms with van der Waals surface area (Å²) in [4.78, 5) is 6.65. The van der Waals surface area contributed by atoms with E-state index in [9.17, 15) is 0 Å². The minimum absolute atomic E-state index is 0.371. The molecule has 0 spiro atoms. The second kappa shape index (κ2) is 3.79. The van der Waals surface area contributed by atoms with E-state index in [1.807, 2.05) is 16.8 Å². The average molecular weight is 217 g/mol. The number of hydrogen-bond acceptors (Lipinski definition) is 3. The highest BCUT2D eigenvalue weighted by molar-refractivity contribution is 5.56. The van der Waals surface area contributed by atoms with Crippen molar-refractivity contribution in [2.45, 2.75) is 12.5 Å². The molecule has 1 unspecified atom stereocenters. The Hall–Kier alpha value is -1.55. The van der Waals surface area contributed by atoms with Gasteiger partial charge in [0.1, 0.15) is 5.65 Å². The molecule has 1 aliphatic rings. The van der Waals surface area contributed by atoms with E-state index >= 15 is 0 Å². The normalized spacial score (nSPS) is 20.8. The highest BCUT2D eigenvalue weighted by atomic mass is 16.5. The van der Waals surface area contributed by atoms with Gasteiger partial charge < -0.3 is 14.0 Å². The summed E-state index contributed by atoms with van der Waals surface area (Å²) < 4.78 is 7.39. The van der Waals surface area contributed by atoms with Crippen molar-refractivity contribution in [3.05, 3.63) is 30.7 Å². The molecule has 0 bridgehead atoms. The van der Waals surface area contributed by atoms with E-state index in [0.717, 1.165) is 25.2 Å². The van der Waals surface area contributed by atoms with Gasteiger partial charge in [-0.3, -0.25) is 0 Å². The number of methoxy groups -OCH3 is 1. The van der Waals surface area contributed by atoms with Crippen molar-refractivity contribution in [3.63, 3.8) is 0 Å². The number of anilines is 1. The lowest BCUT2D eigenvalue weighted by Gasteiger charge is -2.18. The zero-order valence-electron chi connectivity index (χ0n) is 9.34. The quantitative estimate of drug-likeness (QED) is 0.764. The lowest BCUT2D eigenvalue weighted by atomic mass is 10.3. The van der Waals surface area contributed by atoms with E-state index in [1.165, 1.54) is 5.69 Å². The molecule has 2 aromatic heterocycles. The summed E-state index contributed by atoms with van der Waals surface area (Å²) in [5, 5.41) is 0. The van der Waals surface area contributed by atoms with Crippen molar-refractivity contribution in [3.8, 4) is 0 Å². The molecule has 0 N–H and O–H groups in total. The summed E-state index contributed by atoms with van der Waals surface area (Å²) in [6, 6.07) is 4.25. The molecule has 84 valence electrons. The first-order chi connectivity index (χ1) is 7.86. The molecular formula is C12H15N3O. The van der Waals surface area contributed by atoms with Crippen LogP contribution in [0.4, 0.5) is 5.69 Å². The van der Waals surface area contributed by atoms with E-state index in [2.05, 4.69) is 28.2 Å². The zero-order chi connectivity index (χ0) is 11.0. The molecule has 4 nitrogen and oxygen atoms in total. The van der Waals surface area contributed by atoms with Crippen LogP contribution >= 0.6 is 0 Å². The van der Waals surface area contributed by atoms with Gasteiger partial charge in [-0.05, 0) is 12.5 Å². The highest BCUT2D eigenvalue weighted by Gasteiger charge is 2.22. The molecule has 1 saturated heterocycles. The van der Waals surface area contributed by atoms with Crippen molar-refractivity contribution < 1.29 is 4.74 Å². The number of ether oxygens (including phenoxy) is 1. The minimum atomic E-state index is 0.371. The Morgan fingerprint density at radius 2 is 2.38 bits per heavy atom. The molecule has 1 aliphatic heterocycles. The standard InChI is InChI=1S/C12H15N3O/c1-16-11-3-6-15(9-11)10-2-5-14-7-4-13-12(14)8-10/h2,4-5,7-8,11H,3,6,9H2,1H3. The maximum absolute atomic E-state index is 5.37. The van der Waals surface area contributed by atoms with Gasteiger partial charge in [0.15, 0.2) is 0 Å². The van der Waals surface area contributed by atoms with E-state index < -0.39 is 0 Å². The maximum atomic E-state index is 5.37. The summed E-state index contributed by atoms with van der Waals surface area (Å²) in [5.41, 5.74) is 2.23. The number of imidazole rings is 1. The van der Waals surface area contributed by atoms with E-state index in [4.69, 9.17) is 4.74 Å². The SMILES string of the molecule is COC1CCN(c2ccn3ccnc3c2)C1. The second-order valence-electron chi connectivity index (χ2n) is 4.17. The van der Waals surface area contributed by atoms with Gasteiger partial charge in [0.25, 0.3) is 0 Å². The third-order valence-corrected chi connectivity index (χ3v) is 3.22. The van der Waals surface area contributed by atoms with Gasteiger partial charge in [0, 0.05) is 50.5 Å². The molecule has 0 saturated carbocycles. The first kappa shape index (κ1) is 9.66. The molecule has 1 atom stereocenters. The summed E-state index contributed by atoms with van der Waals surface area (Å²) in [5.74, 6) is 0. The summed E-state index contributed by atoms with van der Waals surface area (Å²) in [7, 11) is 1.78. The van der Waals surface area contributed by atoms with Crippen molar-refractivity contribution in [2.24, 2.45) is 0 Å². The Morgan fingerprint density at radius 1 is 1.44 bits per heavy atom. The molecule has 1 fully saturated rings. The van der Waals surface area contributed by atoms with Gasteiger partial charge >= 0.3 is 0 Å². The second-order valence-corrected chi connectivity index (χ2v) is 4.17. The number of rotatable bonds is 2. The molecule has 16 heavy (non-hydrogen) atoms. The van der Waals surface area contributed by atoms with Gasteiger partial charge in [0.2, 0.25) is 0 Å². The van der Waals surface area contributed by atoms with E-state index in [1.54, 1.807) is 7.11 Å². The Morgan fingerprint density at radius 3 is 3.19 bits per heavy atom. The fraction of sp³-hybridized carbons (Fsp3) is 0.417. The summed E-state index contributed by atoms with van der Waals surface area (Å²) in [6.45, 7) is 2.04. The number of pyridine rings is 1. The number of nitrogens with zero attached hydrogens (tertiary/aromatic N) is 3. The Labute approximate surface area is 94.5 Å². The summed E-state index contributed by atoms with van der Waals surface area (Å²) >= 11 is 0. The monoisotopic (exact) mass is 217 g/mol. The fourth-order valence-electron chi connectivity index (χ4n) is 2.25. The fourth-order valence-corrected chi connectivity index (χ4v) is 2.25. The topological polar surface area (TPSA) is 29.8 Å². The molecular weight excluding hydrogens is 202 g/mol. The third kappa shape index (κ3) is 1.55. The molecule has 0 radical (unpaired) electrons. The average Bonchev–Trinajstić information content (AvgIpc) is 2.96.